The number of hydrogen-bond acceptors (Lipinski definition) is 5. The van der Waals surface area contributed by atoms with E-state index < -0.39 is 0 Å². The lowest BCUT2D eigenvalue weighted by molar-refractivity contribution is 0.456. The van der Waals surface area contributed by atoms with E-state index in [2.05, 4.69) is 36.2 Å². The molecule has 1 aliphatic rings. The Morgan fingerprint density at radius 2 is 2.11 bits per heavy atom. The first-order valence-electron chi connectivity index (χ1n) is 6.10. The molecule has 0 spiro atoms. The molecule has 0 bridgehead atoms. The van der Waals surface area contributed by atoms with Crippen molar-refractivity contribution in [2.75, 3.05) is 12.4 Å². The van der Waals surface area contributed by atoms with E-state index in [0.717, 1.165) is 29.0 Å². The van der Waals surface area contributed by atoms with E-state index in [-0.39, 0.29) is 0 Å². The summed E-state index contributed by atoms with van der Waals surface area (Å²) in [4.78, 5) is 13.0. The van der Waals surface area contributed by atoms with Gasteiger partial charge in [0, 0.05) is 29.7 Å². The molecule has 1 fully saturated rings. The van der Waals surface area contributed by atoms with Crippen LogP contribution in [0.15, 0.2) is 29.0 Å². The Labute approximate surface area is 119 Å². The summed E-state index contributed by atoms with van der Waals surface area (Å²) in [6.45, 7) is 0. The second-order valence-corrected chi connectivity index (χ2v) is 5.33. The fourth-order valence-electron chi connectivity index (χ4n) is 1.72. The highest BCUT2D eigenvalue weighted by Crippen LogP contribution is 2.39. The quantitative estimate of drug-likeness (QED) is 0.936. The van der Waals surface area contributed by atoms with Gasteiger partial charge in [0.2, 0.25) is 5.88 Å². The topological polar surface area (TPSA) is 59.9 Å². The first-order valence-corrected chi connectivity index (χ1v) is 6.89. The van der Waals surface area contributed by atoms with Crippen LogP contribution >= 0.6 is 15.9 Å². The van der Waals surface area contributed by atoms with Gasteiger partial charge < -0.3 is 10.1 Å². The first-order chi connectivity index (χ1) is 9.24. The van der Waals surface area contributed by atoms with Gasteiger partial charge in [-0.15, -0.1) is 0 Å². The maximum absolute atomic E-state index is 5.74. The molecule has 6 heteroatoms. The standard InChI is InChI=1S/C13H13BrN4O/c1-15-11-5-12(18-13(17-11)8-2-3-8)19-10-4-9(14)6-16-7-10/h4-8H,2-3H2,1H3,(H,15,17,18). The van der Waals surface area contributed by atoms with Gasteiger partial charge in [-0.1, -0.05) is 0 Å². The third kappa shape index (κ3) is 3.01. The van der Waals surface area contributed by atoms with Gasteiger partial charge in [-0.25, -0.2) is 4.98 Å². The molecule has 0 radical (unpaired) electrons. The zero-order valence-corrected chi connectivity index (χ0v) is 12.0. The summed E-state index contributed by atoms with van der Waals surface area (Å²) in [6, 6.07) is 3.64. The van der Waals surface area contributed by atoms with E-state index in [4.69, 9.17) is 4.74 Å². The second-order valence-electron chi connectivity index (χ2n) is 4.41. The molecule has 3 rings (SSSR count). The molecular formula is C13H13BrN4O. The molecule has 0 aliphatic heterocycles. The van der Waals surface area contributed by atoms with Gasteiger partial charge in [0.05, 0.1) is 6.20 Å². The van der Waals surface area contributed by atoms with Crippen LogP contribution in [0.3, 0.4) is 0 Å². The summed E-state index contributed by atoms with van der Waals surface area (Å²) in [6.07, 6.45) is 5.68. The summed E-state index contributed by atoms with van der Waals surface area (Å²) in [5, 5.41) is 3.03. The Hall–Kier alpha value is -1.69. The van der Waals surface area contributed by atoms with Crippen molar-refractivity contribution in [2.45, 2.75) is 18.8 Å². The maximum atomic E-state index is 5.74. The van der Waals surface area contributed by atoms with Crippen LogP contribution in [0.1, 0.15) is 24.6 Å². The van der Waals surface area contributed by atoms with E-state index in [0.29, 0.717) is 17.5 Å². The third-order valence-electron chi connectivity index (χ3n) is 2.82. The van der Waals surface area contributed by atoms with Crippen LogP contribution in [0.25, 0.3) is 0 Å². The first kappa shape index (κ1) is 12.3. The number of pyridine rings is 1. The number of nitrogens with one attached hydrogen (secondary N) is 1. The van der Waals surface area contributed by atoms with Crippen LogP contribution in [0.4, 0.5) is 5.82 Å². The highest BCUT2D eigenvalue weighted by atomic mass is 79.9. The zero-order valence-electron chi connectivity index (χ0n) is 10.4. The molecule has 98 valence electrons. The minimum Gasteiger partial charge on any atom is -0.437 e. The molecule has 2 heterocycles. The predicted molar refractivity (Wildman–Crippen MR) is 75.6 cm³/mol. The van der Waals surface area contributed by atoms with Crippen molar-refractivity contribution >= 4 is 21.7 Å². The van der Waals surface area contributed by atoms with Gasteiger partial charge >= 0.3 is 0 Å². The Kier molecular flexibility index (Phi) is 3.33. The lowest BCUT2D eigenvalue weighted by Crippen LogP contribution is -2.01. The van der Waals surface area contributed by atoms with Crippen molar-refractivity contribution in [3.63, 3.8) is 0 Å². The molecule has 2 aromatic rings. The van der Waals surface area contributed by atoms with Gasteiger partial charge in [-0.2, -0.15) is 4.98 Å². The Bertz CT molecular complexity index is 601. The van der Waals surface area contributed by atoms with Crippen molar-refractivity contribution in [1.29, 1.82) is 0 Å². The molecule has 0 unspecified atom stereocenters. The van der Waals surface area contributed by atoms with Crippen LogP contribution in [0.2, 0.25) is 0 Å². The summed E-state index contributed by atoms with van der Waals surface area (Å²) in [5.41, 5.74) is 0. The number of anilines is 1. The molecule has 1 aliphatic carbocycles. The second kappa shape index (κ2) is 5.13. The Balaban J connectivity index is 1.89. The predicted octanol–water partition coefficient (Wildman–Crippen LogP) is 3.35. The monoisotopic (exact) mass is 320 g/mol. The SMILES string of the molecule is CNc1cc(Oc2cncc(Br)c2)nc(C2CC2)n1. The highest BCUT2D eigenvalue weighted by Gasteiger charge is 2.27. The minimum atomic E-state index is 0.483. The number of aromatic nitrogens is 3. The number of halogens is 1. The molecule has 0 atom stereocenters. The molecule has 1 saturated carbocycles. The summed E-state index contributed by atoms with van der Waals surface area (Å²) in [5.74, 6) is 3.30. The normalized spacial score (nSPS) is 14.2. The number of nitrogens with zero attached hydrogens (tertiary/aromatic N) is 3. The number of ether oxygens (including phenoxy) is 1. The maximum Gasteiger partial charge on any atom is 0.224 e. The minimum absolute atomic E-state index is 0.483. The van der Waals surface area contributed by atoms with Crippen molar-refractivity contribution < 1.29 is 4.74 Å². The molecule has 5 nitrogen and oxygen atoms in total. The van der Waals surface area contributed by atoms with Crippen molar-refractivity contribution in [1.82, 2.24) is 15.0 Å². The van der Waals surface area contributed by atoms with Crippen LogP contribution in [-0.4, -0.2) is 22.0 Å². The summed E-state index contributed by atoms with van der Waals surface area (Å²) >= 11 is 3.36. The van der Waals surface area contributed by atoms with Gasteiger partial charge in [0.15, 0.2) is 0 Å². The molecule has 0 amide bonds. The summed E-state index contributed by atoms with van der Waals surface area (Å²) in [7, 11) is 1.84. The molecule has 0 aromatic carbocycles. The van der Waals surface area contributed by atoms with Crippen LogP contribution in [0, 0.1) is 0 Å². The molecule has 19 heavy (non-hydrogen) atoms. The Morgan fingerprint density at radius 3 is 2.79 bits per heavy atom. The zero-order chi connectivity index (χ0) is 13.2. The number of hydrogen-bond donors (Lipinski definition) is 1. The van der Waals surface area contributed by atoms with E-state index in [1.807, 2.05) is 13.1 Å². The lowest BCUT2D eigenvalue weighted by Gasteiger charge is -2.08. The number of rotatable bonds is 4. The van der Waals surface area contributed by atoms with Crippen molar-refractivity contribution in [3.05, 3.63) is 34.8 Å². The Morgan fingerprint density at radius 1 is 1.26 bits per heavy atom. The van der Waals surface area contributed by atoms with Crippen LogP contribution in [-0.2, 0) is 0 Å². The van der Waals surface area contributed by atoms with Gasteiger partial charge in [-0.05, 0) is 34.8 Å². The average molecular weight is 321 g/mol. The van der Waals surface area contributed by atoms with Gasteiger partial charge in [0.1, 0.15) is 17.4 Å². The van der Waals surface area contributed by atoms with E-state index in [9.17, 15) is 0 Å². The van der Waals surface area contributed by atoms with Crippen molar-refractivity contribution in [3.8, 4) is 11.6 Å². The average Bonchev–Trinajstić information content (AvgIpc) is 3.22. The van der Waals surface area contributed by atoms with E-state index in [1.54, 1.807) is 18.5 Å². The molecular weight excluding hydrogens is 308 g/mol. The largest absolute Gasteiger partial charge is 0.437 e. The van der Waals surface area contributed by atoms with Crippen molar-refractivity contribution in [2.24, 2.45) is 0 Å². The fraction of sp³-hybridized carbons (Fsp3) is 0.308. The van der Waals surface area contributed by atoms with Gasteiger partial charge in [-0.3, -0.25) is 4.98 Å². The summed E-state index contributed by atoms with van der Waals surface area (Å²) < 4.78 is 6.61. The third-order valence-corrected chi connectivity index (χ3v) is 3.25. The molecule has 0 saturated heterocycles. The van der Waals surface area contributed by atoms with E-state index >= 15 is 0 Å². The van der Waals surface area contributed by atoms with Crippen LogP contribution in [0.5, 0.6) is 11.6 Å². The fourth-order valence-corrected chi connectivity index (χ4v) is 2.06. The van der Waals surface area contributed by atoms with E-state index in [1.165, 1.54) is 0 Å². The lowest BCUT2D eigenvalue weighted by atomic mass is 10.4. The van der Waals surface area contributed by atoms with Gasteiger partial charge in [0.25, 0.3) is 0 Å². The smallest absolute Gasteiger partial charge is 0.224 e. The highest BCUT2D eigenvalue weighted by molar-refractivity contribution is 9.10. The van der Waals surface area contributed by atoms with Crippen LogP contribution < -0.4 is 10.1 Å². The molecule has 1 N–H and O–H groups in total. The molecule has 2 aromatic heterocycles.